The summed E-state index contributed by atoms with van der Waals surface area (Å²) in [6.07, 6.45) is 1.50. The van der Waals surface area contributed by atoms with Gasteiger partial charge in [-0.1, -0.05) is 42.5 Å². The van der Waals surface area contributed by atoms with Crippen LogP contribution in [-0.2, 0) is 6.54 Å². The smallest absolute Gasteiger partial charge is 0.311 e. The van der Waals surface area contributed by atoms with Crippen LogP contribution in [0.5, 0.6) is 5.75 Å². The molecule has 0 unspecified atom stereocenters. The van der Waals surface area contributed by atoms with Crippen LogP contribution in [0.25, 0.3) is 0 Å². The van der Waals surface area contributed by atoms with E-state index in [1.165, 1.54) is 18.3 Å². The van der Waals surface area contributed by atoms with Crippen LogP contribution in [0, 0.1) is 10.1 Å². The second-order valence-electron chi connectivity index (χ2n) is 5.16. The molecule has 0 saturated carbocycles. The number of phenolic OH excluding ortho intramolecular Hbond substituents is 1. The first-order valence-corrected chi connectivity index (χ1v) is 7.35. The van der Waals surface area contributed by atoms with Gasteiger partial charge in [-0.05, 0) is 23.8 Å². The second-order valence-corrected chi connectivity index (χ2v) is 5.16. The summed E-state index contributed by atoms with van der Waals surface area (Å²) < 4.78 is 0. The predicted octanol–water partition coefficient (Wildman–Crippen LogP) is 4.03. The van der Waals surface area contributed by atoms with Gasteiger partial charge in [0.25, 0.3) is 0 Å². The summed E-state index contributed by atoms with van der Waals surface area (Å²) in [5.74, 6) is 0.223. The van der Waals surface area contributed by atoms with Crippen LogP contribution in [0.3, 0.4) is 0 Å². The van der Waals surface area contributed by atoms with Crippen LogP contribution in [0.15, 0.2) is 72.9 Å². The van der Waals surface area contributed by atoms with Crippen molar-refractivity contribution in [2.45, 2.75) is 6.54 Å². The third-order valence-electron chi connectivity index (χ3n) is 3.57. The highest BCUT2D eigenvalue weighted by atomic mass is 16.6. The lowest BCUT2D eigenvalue weighted by atomic mass is 10.1. The molecule has 2 aromatic carbocycles. The van der Waals surface area contributed by atoms with Gasteiger partial charge in [0.15, 0.2) is 0 Å². The Balaban J connectivity index is 2.13. The van der Waals surface area contributed by atoms with E-state index in [4.69, 9.17) is 0 Å². The number of pyridine rings is 1. The Labute approximate surface area is 138 Å². The molecule has 0 bridgehead atoms. The largest absolute Gasteiger partial charge is 0.506 e. The normalized spacial score (nSPS) is 10.3. The van der Waals surface area contributed by atoms with Crippen molar-refractivity contribution >= 4 is 17.2 Å². The van der Waals surface area contributed by atoms with E-state index in [0.717, 1.165) is 5.56 Å². The van der Waals surface area contributed by atoms with Crippen molar-refractivity contribution in [2.75, 3.05) is 4.90 Å². The Morgan fingerprint density at radius 1 is 1.00 bits per heavy atom. The number of benzene rings is 2. The van der Waals surface area contributed by atoms with Gasteiger partial charge in [0.1, 0.15) is 5.75 Å². The van der Waals surface area contributed by atoms with E-state index >= 15 is 0 Å². The number of anilines is 2. The fraction of sp³-hybridized carbons (Fsp3) is 0.0556. The van der Waals surface area contributed by atoms with Crippen LogP contribution >= 0.6 is 0 Å². The minimum absolute atomic E-state index is 0.0355. The van der Waals surface area contributed by atoms with Crippen molar-refractivity contribution in [3.05, 3.63) is 88.6 Å². The van der Waals surface area contributed by atoms with E-state index < -0.39 is 4.92 Å². The lowest BCUT2D eigenvalue weighted by molar-refractivity contribution is -0.384. The van der Waals surface area contributed by atoms with E-state index in [-0.39, 0.29) is 17.3 Å². The molecule has 0 fully saturated rings. The van der Waals surface area contributed by atoms with Crippen molar-refractivity contribution in [2.24, 2.45) is 0 Å². The van der Waals surface area contributed by atoms with Crippen molar-refractivity contribution in [3.63, 3.8) is 0 Å². The molecule has 3 rings (SSSR count). The maximum atomic E-state index is 11.4. The summed E-state index contributed by atoms with van der Waals surface area (Å²) in [7, 11) is 0. The number of aromatic nitrogens is 1. The number of phenols is 1. The number of nitrogens with zero attached hydrogens (tertiary/aromatic N) is 3. The van der Waals surface area contributed by atoms with Crippen molar-refractivity contribution < 1.29 is 10.0 Å². The van der Waals surface area contributed by atoms with Gasteiger partial charge < -0.3 is 10.0 Å². The average molecular weight is 321 g/mol. The molecule has 0 aliphatic heterocycles. The Bertz CT molecular complexity index is 853. The molecular formula is C18H15N3O3. The molecule has 1 heterocycles. The molecule has 1 aromatic heterocycles. The molecular weight excluding hydrogens is 306 g/mol. The van der Waals surface area contributed by atoms with Crippen LogP contribution in [-0.4, -0.2) is 15.0 Å². The van der Waals surface area contributed by atoms with Gasteiger partial charge in [0.05, 0.1) is 10.6 Å². The highest BCUT2D eigenvalue weighted by Crippen LogP contribution is 2.37. The van der Waals surface area contributed by atoms with Gasteiger partial charge in [-0.3, -0.25) is 10.1 Å². The van der Waals surface area contributed by atoms with Gasteiger partial charge in [0, 0.05) is 18.8 Å². The number of aromatic hydroxyl groups is 1. The zero-order valence-electron chi connectivity index (χ0n) is 12.7. The summed E-state index contributed by atoms with van der Waals surface area (Å²) in [4.78, 5) is 16.7. The maximum absolute atomic E-state index is 11.4. The second kappa shape index (κ2) is 6.78. The monoisotopic (exact) mass is 321 g/mol. The summed E-state index contributed by atoms with van der Waals surface area (Å²) in [5, 5.41) is 21.6. The maximum Gasteiger partial charge on any atom is 0.311 e. The lowest BCUT2D eigenvalue weighted by Gasteiger charge is -2.24. The Morgan fingerprint density at radius 2 is 1.71 bits per heavy atom. The Morgan fingerprint density at radius 3 is 2.42 bits per heavy atom. The standard InChI is InChI=1S/C18H15N3O3/c22-17-11-5-4-9-15(17)20(13-14-7-2-1-3-8-14)18-16(21(23)24)10-6-12-19-18/h1-12,22H,13H2. The van der Waals surface area contributed by atoms with E-state index in [1.54, 1.807) is 29.2 Å². The number of rotatable bonds is 5. The van der Waals surface area contributed by atoms with Gasteiger partial charge in [-0.2, -0.15) is 0 Å². The molecule has 0 saturated heterocycles. The molecule has 3 aromatic rings. The molecule has 6 heteroatoms. The van der Waals surface area contributed by atoms with Crippen LogP contribution < -0.4 is 4.90 Å². The molecule has 0 aliphatic rings. The quantitative estimate of drug-likeness (QED) is 0.567. The minimum Gasteiger partial charge on any atom is -0.506 e. The zero-order chi connectivity index (χ0) is 16.9. The molecule has 0 amide bonds. The Hall–Kier alpha value is -3.41. The van der Waals surface area contributed by atoms with Crippen molar-refractivity contribution in [1.29, 1.82) is 0 Å². The van der Waals surface area contributed by atoms with Crippen molar-refractivity contribution in [1.82, 2.24) is 4.98 Å². The number of hydrogen-bond acceptors (Lipinski definition) is 5. The topological polar surface area (TPSA) is 79.5 Å². The molecule has 6 nitrogen and oxygen atoms in total. The highest BCUT2D eigenvalue weighted by Gasteiger charge is 2.23. The lowest BCUT2D eigenvalue weighted by Crippen LogP contribution is -2.19. The first kappa shape index (κ1) is 15.5. The van der Waals surface area contributed by atoms with Crippen molar-refractivity contribution in [3.8, 4) is 5.75 Å². The fourth-order valence-corrected chi connectivity index (χ4v) is 2.47. The van der Waals surface area contributed by atoms with E-state index in [0.29, 0.717) is 12.2 Å². The molecule has 0 spiro atoms. The van der Waals surface area contributed by atoms with E-state index in [9.17, 15) is 15.2 Å². The Kier molecular flexibility index (Phi) is 4.38. The third kappa shape index (κ3) is 3.17. The molecule has 0 aliphatic carbocycles. The summed E-state index contributed by atoms with van der Waals surface area (Å²) >= 11 is 0. The van der Waals surface area contributed by atoms with Gasteiger partial charge in [-0.25, -0.2) is 4.98 Å². The first-order chi connectivity index (χ1) is 11.7. The third-order valence-corrected chi connectivity index (χ3v) is 3.57. The summed E-state index contributed by atoms with van der Waals surface area (Å²) in [6.45, 7) is 0.344. The summed E-state index contributed by atoms with van der Waals surface area (Å²) in [5.41, 5.74) is 1.29. The van der Waals surface area contributed by atoms with Crippen LogP contribution in [0.1, 0.15) is 5.56 Å². The number of nitro groups is 1. The van der Waals surface area contributed by atoms with Gasteiger partial charge in [0.2, 0.25) is 5.82 Å². The zero-order valence-corrected chi connectivity index (χ0v) is 12.7. The predicted molar refractivity (Wildman–Crippen MR) is 91.3 cm³/mol. The van der Waals surface area contributed by atoms with Gasteiger partial charge >= 0.3 is 5.69 Å². The number of para-hydroxylation sites is 2. The number of hydrogen-bond donors (Lipinski definition) is 1. The highest BCUT2D eigenvalue weighted by molar-refractivity contribution is 5.72. The SMILES string of the molecule is O=[N+]([O-])c1cccnc1N(Cc1ccccc1)c1ccccc1O. The molecule has 1 N–H and O–H groups in total. The molecule has 0 radical (unpaired) electrons. The molecule has 120 valence electrons. The molecule has 0 atom stereocenters. The van der Waals surface area contributed by atoms with Crippen LogP contribution in [0.4, 0.5) is 17.2 Å². The summed E-state index contributed by atoms with van der Waals surface area (Å²) in [6, 6.07) is 19.2. The van der Waals surface area contributed by atoms with E-state index in [2.05, 4.69) is 4.98 Å². The van der Waals surface area contributed by atoms with Gasteiger partial charge in [-0.15, -0.1) is 0 Å². The first-order valence-electron chi connectivity index (χ1n) is 7.35. The fourth-order valence-electron chi connectivity index (χ4n) is 2.47. The molecule has 24 heavy (non-hydrogen) atoms. The van der Waals surface area contributed by atoms with Crippen LogP contribution in [0.2, 0.25) is 0 Å². The minimum atomic E-state index is -0.472. The average Bonchev–Trinajstić information content (AvgIpc) is 2.61. The van der Waals surface area contributed by atoms with E-state index in [1.807, 2.05) is 30.3 Å².